The Morgan fingerprint density at radius 3 is 2.86 bits per heavy atom. The summed E-state index contributed by atoms with van der Waals surface area (Å²) < 4.78 is 18.6. The normalized spacial score (nSPS) is 19.3. The van der Waals surface area contributed by atoms with E-state index in [9.17, 15) is 9.18 Å². The topological polar surface area (TPSA) is 50.4 Å². The average molecular weight is 317 g/mol. The maximum atomic E-state index is 13.4. The number of hydrogen-bond acceptors (Lipinski definition) is 3. The minimum atomic E-state index is -0.335. The number of methoxy groups -OCH3 is 1. The molecule has 118 valence electrons. The third-order valence-electron chi connectivity index (χ3n) is 3.64. The van der Waals surface area contributed by atoms with Crippen LogP contribution in [0.2, 0.25) is 0 Å². The van der Waals surface area contributed by atoms with E-state index in [4.69, 9.17) is 4.74 Å². The number of piperidine rings is 1. The first kappa shape index (κ1) is 17.7. The molecule has 1 fully saturated rings. The minimum Gasteiger partial charge on any atom is -0.496 e. The summed E-state index contributed by atoms with van der Waals surface area (Å²) in [5.41, 5.74) is 0.650. The summed E-state index contributed by atoms with van der Waals surface area (Å²) >= 11 is 0. The first-order valence-corrected chi connectivity index (χ1v) is 6.99. The Balaban J connectivity index is 0.00000220. The number of rotatable bonds is 4. The van der Waals surface area contributed by atoms with E-state index in [1.165, 1.54) is 19.2 Å². The molecule has 0 aromatic heterocycles. The highest BCUT2D eigenvalue weighted by Crippen LogP contribution is 2.26. The van der Waals surface area contributed by atoms with Crippen molar-refractivity contribution in [2.75, 3.05) is 13.7 Å². The van der Waals surface area contributed by atoms with Crippen molar-refractivity contribution in [1.82, 2.24) is 10.6 Å². The molecule has 1 heterocycles. The maximum absolute atomic E-state index is 13.4. The molecule has 2 N–H and O–H groups in total. The van der Waals surface area contributed by atoms with Crippen LogP contribution in [0.5, 0.6) is 5.75 Å². The fourth-order valence-corrected chi connectivity index (χ4v) is 2.51. The second kappa shape index (κ2) is 8.20. The molecule has 2 atom stereocenters. The van der Waals surface area contributed by atoms with Gasteiger partial charge in [0.1, 0.15) is 11.6 Å². The van der Waals surface area contributed by atoms with Gasteiger partial charge in [0.15, 0.2) is 0 Å². The largest absolute Gasteiger partial charge is 0.496 e. The van der Waals surface area contributed by atoms with Crippen LogP contribution in [0.1, 0.15) is 37.8 Å². The van der Waals surface area contributed by atoms with E-state index in [1.54, 1.807) is 6.07 Å². The number of carbonyl (C=O) groups excluding carboxylic acids is 1. The Bertz CT molecular complexity index is 479. The van der Waals surface area contributed by atoms with E-state index < -0.39 is 0 Å². The fraction of sp³-hybridized carbons (Fsp3) is 0.533. The second-order valence-corrected chi connectivity index (χ2v) is 5.12. The first-order chi connectivity index (χ1) is 9.61. The number of hydrogen-bond donors (Lipinski definition) is 2. The molecule has 6 heteroatoms. The molecule has 1 unspecified atom stereocenters. The van der Waals surface area contributed by atoms with Crippen molar-refractivity contribution in [2.24, 2.45) is 0 Å². The molecule has 21 heavy (non-hydrogen) atoms. The van der Waals surface area contributed by atoms with Crippen molar-refractivity contribution in [3.05, 3.63) is 29.6 Å². The molecule has 1 aromatic rings. The standard InChI is InChI=1S/C15H21FN2O2.ClH/c1-10(12-9-11(16)6-7-14(12)20-2)18-15(19)13-5-3-4-8-17-13;/h6-7,9-10,13,17H,3-5,8H2,1-2H3,(H,18,19);1H/t10?,13-;/m1./s1. The molecule has 0 radical (unpaired) electrons. The highest BCUT2D eigenvalue weighted by Gasteiger charge is 2.23. The zero-order chi connectivity index (χ0) is 14.5. The maximum Gasteiger partial charge on any atom is 0.237 e. The molecule has 0 saturated carbocycles. The highest BCUT2D eigenvalue weighted by atomic mass is 35.5. The zero-order valence-electron chi connectivity index (χ0n) is 12.3. The van der Waals surface area contributed by atoms with Crippen LogP contribution in [0.4, 0.5) is 4.39 Å². The van der Waals surface area contributed by atoms with Crippen molar-refractivity contribution in [3.63, 3.8) is 0 Å². The van der Waals surface area contributed by atoms with Gasteiger partial charge in [0.05, 0.1) is 19.2 Å². The third-order valence-corrected chi connectivity index (χ3v) is 3.64. The summed E-state index contributed by atoms with van der Waals surface area (Å²) in [5.74, 6) is 0.206. The van der Waals surface area contributed by atoms with Gasteiger partial charge in [0.2, 0.25) is 5.91 Å². The van der Waals surface area contributed by atoms with E-state index in [-0.39, 0.29) is 36.2 Å². The fourth-order valence-electron chi connectivity index (χ4n) is 2.51. The lowest BCUT2D eigenvalue weighted by Gasteiger charge is -2.25. The number of nitrogens with one attached hydrogen (secondary N) is 2. The van der Waals surface area contributed by atoms with Crippen LogP contribution in [0.15, 0.2) is 18.2 Å². The van der Waals surface area contributed by atoms with Gasteiger partial charge in [0.25, 0.3) is 0 Å². The van der Waals surface area contributed by atoms with Gasteiger partial charge >= 0.3 is 0 Å². The van der Waals surface area contributed by atoms with Crippen LogP contribution in [0, 0.1) is 5.82 Å². The van der Waals surface area contributed by atoms with Crippen molar-refractivity contribution in [2.45, 2.75) is 38.3 Å². The molecule has 1 aromatic carbocycles. The van der Waals surface area contributed by atoms with Crippen LogP contribution >= 0.6 is 12.4 Å². The van der Waals surface area contributed by atoms with Crippen LogP contribution in [0.25, 0.3) is 0 Å². The van der Waals surface area contributed by atoms with Crippen molar-refractivity contribution < 1.29 is 13.9 Å². The summed E-state index contributed by atoms with van der Waals surface area (Å²) in [5, 5.41) is 6.12. The second-order valence-electron chi connectivity index (χ2n) is 5.12. The Labute approximate surface area is 130 Å². The van der Waals surface area contributed by atoms with E-state index >= 15 is 0 Å². The van der Waals surface area contributed by atoms with Gasteiger partial charge in [-0.15, -0.1) is 12.4 Å². The number of carbonyl (C=O) groups is 1. The highest BCUT2D eigenvalue weighted by molar-refractivity contribution is 5.85. The quantitative estimate of drug-likeness (QED) is 0.897. The van der Waals surface area contributed by atoms with Crippen LogP contribution in [-0.2, 0) is 4.79 Å². The predicted molar refractivity (Wildman–Crippen MR) is 82.4 cm³/mol. The average Bonchev–Trinajstić information content (AvgIpc) is 2.48. The summed E-state index contributed by atoms with van der Waals surface area (Å²) in [7, 11) is 1.54. The lowest BCUT2D eigenvalue weighted by molar-refractivity contribution is -0.124. The summed E-state index contributed by atoms with van der Waals surface area (Å²) in [6.07, 6.45) is 3.01. The third kappa shape index (κ3) is 4.58. The Morgan fingerprint density at radius 1 is 1.48 bits per heavy atom. The molecule has 1 aliphatic rings. The van der Waals surface area contributed by atoms with Gasteiger partial charge in [-0.2, -0.15) is 0 Å². The van der Waals surface area contributed by atoms with Crippen LogP contribution in [-0.4, -0.2) is 25.6 Å². The molecule has 2 rings (SSSR count). The molecule has 0 bridgehead atoms. The molecule has 0 aliphatic carbocycles. The monoisotopic (exact) mass is 316 g/mol. The smallest absolute Gasteiger partial charge is 0.237 e. The van der Waals surface area contributed by atoms with E-state index in [1.807, 2.05) is 6.92 Å². The van der Waals surface area contributed by atoms with Gasteiger partial charge < -0.3 is 15.4 Å². The number of benzene rings is 1. The Kier molecular flexibility index (Phi) is 6.92. The lowest BCUT2D eigenvalue weighted by Crippen LogP contribution is -2.47. The van der Waals surface area contributed by atoms with Crippen molar-refractivity contribution in [3.8, 4) is 5.75 Å². The molecule has 1 aliphatic heterocycles. The van der Waals surface area contributed by atoms with E-state index in [2.05, 4.69) is 10.6 Å². The van der Waals surface area contributed by atoms with Gasteiger partial charge in [-0.25, -0.2) is 4.39 Å². The summed E-state index contributed by atoms with van der Waals surface area (Å²) in [6.45, 7) is 2.70. The predicted octanol–water partition coefficient (Wildman–Crippen LogP) is 2.58. The Morgan fingerprint density at radius 2 is 2.24 bits per heavy atom. The summed E-state index contributed by atoms with van der Waals surface area (Å²) in [4.78, 5) is 12.2. The van der Waals surface area contributed by atoms with Crippen LogP contribution < -0.4 is 15.4 Å². The van der Waals surface area contributed by atoms with Gasteiger partial charge in [-0.3, -0.25) is 4.79 Å². The van der Waals surface area contributed by atoms with Gasteiger partial charge in [0, 0.05) is 5.56 Å². The van der Waals surface area contributed by atoms with Crippen LogP contribution in [0.3, 0.4) is 0 Å². The molecule has 4 nitrogen and oxygen atoms in total. The molecule has 1 saturated heterocycles. The molecule has 0 spiro atoms. The van der Waals surface area contributed by atoms with Crippen molar-refractivity contribution in [1.29, 1.82) is 0 Å². The van der Waals surface area contributed by atoms with E-state index in [0.29, 0.717) is 11.3 Å². The first-order valence-electron chi connectivity index (χ1n) is 6.99. The van der Waals surface area contributed by atoms with Gasteiger partial charge in [-0.05, 0) is 44.5 Å². The van der Waals surface area contributed by atoms with Crippen molar-refractivity contribution >= 4 is 18.3 Å². The molecular formula is C15H22ClFN2O2. The lowest BCUT2D eigenvalue weighted by atomic mass is 10.0. The van der Waals surface area contributed by atoms with E-state index in [0.717, 1.165) is 25.8 Å². The number of ether oxygens (including phenoxy) is 1. The molecular weight excluding hydrogens is 295 g/mol. The number of amides is 1. The van der Waals surface area contributed by atoms with Gasteiger partial charge in [-0.1, -0.05) is 6.42 Å². The SMILES string of the molecule is COc1ccc(F)cc1C(C)NC(=O)[C@H]1CCCCN1.Cl. The number of halogens is 2. The summed E-state index contributed by atoms with van der Waals surface area (Å²) in [6, 6.07) is 3.88. The minimum absolute atomic E-state index is 0. The zero-order valence-corrected chi connectivity index (χ0v) is 13.1. The molecule has 1 amide bonds. The Hall–Kier alpha value is -1.33.